The lowest BCUT2D eigenvalue weighted by Crippen LogP contribution is -2.23. The molecule has 4 heteroatoms. The molecule has 1 N–H and O–H groups in total. The molecule has 0 bridgehead atoms. The number of hydrogen-bond acceptors (Lipinski definition) is 3. The summed E-state index contributed by atoms with van der Waals surface area (Å²) in [5.41, 5.74) is 7.18. The number of rotatable bonds is 3. The molecule has 1 aliphatic heterocycles. The van der Waals surface area contributed by atoms with Gasteiger partial charge in [-0.1, -0.05) is 78.9 Å². The predicted molar refractivity (Wildman–Crippen MR) is 155 cm³/mol. The molecule has 0 atom stereocenters. The van der Waals surface area contributed by atoms with Crippen molar-refractivity contribution in [2.24, 2.45) is 0 Å². The number of fused-ring (bicyclic) bond motifs is 7. The summed E-state index contributed by atoms with van der Waals surface area (Å²) in [4.78, 5) is 20.5. The van der Waals surface area contributed by atoms with E-state index in [0.29, 0.717) is 12.1 Å². The molecular formula is C34H25N3O. The van der Waals surface area contributed by atoms with Crippen molar-refractivity contribution in [1.29, 1.82) is 0 Å². The summed E-state index contributed by atoms with van der Waals surface area (Å²) in [6.07, 6.45) is 3.65. The van der Waals surface area contributed by atoms with E-state index in [1.54, 1.807) is 0 Å². The van der Waals surface area contributed by atoms with Crippen LogP contribution >= 0.6 is 0 Å². The number of nitrogens with one attached hydrogen (secondary N) is 1. The van der Waals surface area contributed by atoms with Gasteiger partial charge < -0.3 is 10.2 Å². The van der Waals surface area contributed by atoms with E-state index in [-0.39, 0.29) is 5.91 Å². The lowest BCUT2D eigenvalue weighted by molar-refractivity contribution is 0.102. The Labute approximate surface area is 221 Å². The third kappa shape index (κ3) is 3.78. The number of amides is 1. The minimum atomic E-state index is -0.100. The molecule has 4 nitrogen and oxygen atoms in total. The number of carbonyl (C=O) groups is 1. The largest absolute Gasteiger partial charge is 0.363 e. The second kappa shape index (κ2) is 9.16. The van der Waals surface area contributed by atoms with Crippen molar-refractivity contribution in [2.75, 3.05) is 10.2 Å². The van der Waals surface area contributed by atoms with Crippen molar-refractivity contribution >= 4 is 38.8 Å². The fraction of sp³-hybridized carbons (Fsp3) is 0.0588. The van der Waals surface area contributed by atoms with Crippen LogP contribution in [0.2, 0.25) is 0 Å². The van der Waals surface area contributed by atoms with Crippen molar-refractivity contribution in [3.8, 4) is 11.1 Å². The fourth-order valence-electron chi connectivity index (χ4n) is 5.70. The number of hydrogen-bond donors (Lipinski definition) is 1. The van der Waals surface area contributed by atoms with Gasteiger partial charge >= 0.3 is 0 Å². The minimum absolute atomic E-state index is 0.100. The van der Waals surface area contributed by atoms with Gasteiger partial charge in [-0.3, -0.25) is 9.78 Å². The summed E-state index contributed by atoms with van der Waals surface area (Å²) in [6, 6.07) is 37.2. The molecule has 0 radical (unpaired) electrons. The SMILES string of the molecule is O=C(Nc1ccccc1)c1cc2ccccc2c2c1CN(c1ccncc1)Cc1ccc3ccccc3c1-2. The average Bonchev–Trinajstić information content (AvgIpc) is 3.15. The molecule has 1 amide bonds. The second-order valence-corrected chi connectivity index (χ2v) is 9.70. The van der Waals surface area contributed by atoms with Gasteiger partial charge in [0.05, 0.1) is 0 Å². The molecule has 1 aliphatic rings. The van der Waals surface area contributed by atoms with Gasteiger partial charge in [0.15, 0.2) is 0 Å². The Hall–Kier alpha value is -4.96. The molecule has 38 heavy (non-hydrogen) atoms. The molecule has 0 saturated heterocycles. The van der Waals surface area contributed by atoms with Crippen molar-refractivity contribution in [2.45, 2.75) is 13.1 Å². The minimum Gasteiger partial charge on any atom is -0.363 e. The zero-order chi connectivity index (χ0) is 25.5. The molecule has 2 heterocycles. The van der Waals surface area contributed by atoms with Crippen LogP contribution in [-0.2, 0) is 13.1 Å². The Morgan fingerprint density at radius 3 is 2.16 bits per heavy atom. The summed E-state index contributed by atoms with van der Waals surface area (Å²) in [6.45, 7) is 1.33. The van der Waals surface area contributed by atoms with E-state index >= 15 is 0 Å². The van der Waals surface area contributed by atoms with E-state index in [0.717, 1.165) is 39.8 Å². The predicted octanol–water partition coefficient (Wildman–Crippen LogP) is 7.83. The van der Waals surface area contributed by atoms with Gasteiger partial charge in [0, 0.05) is 42.4 Å². The third-order valence-electron chi connectivity index (χ3n) is 7.44. The standard InChI is InChI=1S/C34H25N3O/c38-34(36-26-10-2-1-3-11-26)30-20-24-9-5-7-13-29(24)33-31(30)22-37(27-16-18-35-19-17-27)21-25-15-14-23-8-4-6-12-28(23)32(25)33/h1-20H,21-22H2,(H,36,38). The van der Waals surface area contributed by atoms with Crippen molar-refractivity contribution in [3.63, 3.8) is 0 Å². The lowest BCUT2D eigenvalue weighted by Gasteiger charge is -2.25. The Morgan fingerprint density at radius 1 is 0.684 bits per heavy atom. The molecule has 0 aliphatic carbocycles. The molecule has 7 rings (SSSR count). The zero-order valence-electron chi connectivity index (χ0n) is 20.8. The van der Waals surface area contributed by atoms with Gasteiger partial charge in [-0.05, 0) is 74.1 Å². The first-order valence-electron chi connectivity index (χ1n) is 12.8. The summed E-state index contributed by atoms with van der Waals surface area (Å²) in [7, 11) is 0. The molecule has 6 aromatic rings. The highest BCUT2D eigenvalue weighted by Gasteiger charge is 2.28. The van der Waals surface area contributed by atoms with Gasteiger partial charge in [-0.2, -0.15) is 0 Å². The van der Waals surface area contributed by atoms with Gasteiger partial charge in [0.2, 0.25) is 0 Å². The summed E-state index contributed by atoms with van der Waals surface area (Å²) >= 11 is 0. The van der Waals surface area contributed by atoms with Crippen LogP contribution in [-0.4, -0.2) is 10.9 Å². The quantitative estimate of drug-likeness (QED) is 0.274. The summed E-state index contributed by atoms with van der Waals surface area (Å²) < 4.78 is 0. The Bertz CT molecular complexity index is 1810. The maximum Gasteiger partial charge on any atom is 0.256 e. The molecule has 0 spiro atoms. The molecule has 5 aromatic carbocycles. The van der Waals surface area contributed by atoms with Gasteiger partial charge in [-0.25, -0.2) is 0 Å². The summed E-state index contributed by atoms with van der Waals surface area (Å²) in [5.74, 6) is -0.100. The highest BCUT2D eigenvalue weighted by Crippen LogP contribution is 2.44. The number of benzene rings is 5. The van der Waals surface area contributed by atoms with Gasteiger partial charge in [-0.15, -0.1) is 0 Å². The van der Waals surface area contributed by atoms with E-state index < -0.39 is 0 Å². The van der Waals surface area contributed by atoms with Crippen LogP contribution in [0.1, 0.15) is 21.5 Å². The molecular weight excluding hydrogens is 466 g/mol. The Balaban J connectivity index is 1.55. The molecule has 0 saturated carbocycles. The number of para-hydroxylation sites is 1. The zero-order valence-corrected chi connectivity index (χ0v) is 20.8. The monoisotopic (exact) mass is 491 g/mol. The maximum atomic E-state index is 13.9. The second-order valence-electron chi connectivity index (χ2n) is 9.70. The Morgan fingerprint density at radius 2 is 1.37 bits per heavy atom. The van der Waals surface area contributed by atoms with Crippen LogP contribution in [0.15, 0.2) is 122 Å². The third-order valence-corrected chi connectivity index (χ3v) is 7.44. The number of pyridine rings is 1. The first-order chi connectivity index (χ1) is 18.8. The summed E-state index contributed by atoms with van der Waals surface area (Å²) in [5, 5.41) is 7.75. The number of nitrogens with zero attached hydrogens (tertiary/aromatic N) is 2. The molecule has 0 fully saturated rings. The van der Waals surface area contributed by atoms with Crippen LogP contribution < -0.4 is 10.2 Å². The smallest absolute Gasteiger partial charge is 0.256 e. The number of aromatic nitrogens is 1. The van der Waals surface area contributed by atoms with E-state index in [1.807, 2.05) is 67.0 Å². The molecule has 182 valence electrons. The Kier molecular flexibility index (Phi) is 5.37. The lowest BCUT2D eigenvalue weighted by atomic mass is 9.85. The number of anilines is 2. The molecule has 0 unspecified atom stereocenters. The van der Waals surface area contributed by atoms with Crippen LogP contribution in [0.4, 0.5) is 11.4 Å². The van der Waals surface area contributed by atoms with Crippen LogP contribution in [0.5, 0.6) is 0 Å². The van der Waals surface area contributed by atoms with Gasteiger partial charge in [0.1, 0.15) is 0 Å². The highest BCUT2D eigenvalue weighted by molar-refractivity contribution is 6.14. The first-order valence-corrected chi connectivity index (χ1v) is 12.8. The maximum absolute atomic E-state index is 13.9. The van der Waals surface area contributed by atoms with Gasteiger partial charge in [0.25, 0.3) is 5.91 Å². The number of carbonyl (C=O) groups excluding carboxylic acids is 1. The fourth-order valence-corrected chi connectivity index (χ4v) is 5.70. The highest BCUT2D eigenvalue weighted by atomic mass is 16.1. The molecule has 1 aromatic heterocycles. The van der Waals surface area contributed by atoms with Crippen LogP contribution in [0, 0.1) is 0 Å². The van der Waals surface area contributed by atoms with E-state index in [1.165, 1.54) is 21.9 Å². The van der Waals surface area contributed by atoms with E-state index in [4.69, 9.17) is 0 Å². The van der Waals surface area contributed by atoms with Crippen LogP contribution in [0.25, 0.3) is 32.7 Å². The van der Waals surface area contributed by atoms with E-state index in [9.17, 15) is 4.79 Å². The van der Waals surface area contributed by atoms with Crippen LogP contribution in [0.3, 0.4) is 0 Å². The first kappa shape index (κ1) is 22.3. The van der Waals surface area contributed by atoms with Crippen molar-refractivity contribution < 1.29 is 4.79 Å². The average molecular weight is 492 g/mol. The van der Waals surface area contributed by atoms with Crippen molar-refractivity contribution in [1.82, 2.24) is 4.98 Å². The van der Waals surface area contributed by atoms with Crippen molar-refractivity contribution in [3.05, 3.63) is 138 Å². The topological polar surface area (TPSA) is 45.2 Å². The normalized spacial score (nSPS) is 12.6. The van der Waals surface area contributed by atoms with E-state index in [2.05, 4.69) is 69.8 Å².